The first kappa shape index (κ1) is 14.8. The van der Waals surface area contributed by atoms with Gasteiger partial charge in [0.05, 0.1) is 5.25 Å². The standard InChI is InChI=1S/C9H16N2O4S/c1-5(8(10)14)4-16-6(2)9(15)11-3-7(12)13/h5-6H,3-4H2,1-2H3,(H2,10,14)(H,11,15)(H,12,13). The molecule has 6 nitrogen and oxygen atoms in total. The molecule has 0 aromatic carbocycles. The second kappa shape index (κ2) is 7.10. The lowest BCUT2D eigenvalue weighted by Gasteiger charge is -2.12. The lowest BCUT2D eigenvalue weighted by molar-refractivity contribution is -0.137. The molecule has 0 bridgehead atoms. The summed E-state index contributed by atoms with van der Waals surface area (Å²) >= 11 is 1.27. The predicted octanol–water partition coefficient (Wildman–Crippen LogP) is -0.570. The summed E-state index contributed by atoms with van der Waals surface area (Å²) in [5.74, 6) is -1.72. The van der Waals surface area contributed by atoms with Crippen molar-refractivity contribution in [3.8, 4) is 0 Å². The maximum Gasteiger partial charge on any atom is 0.322 e. The molecule has 0 aromatic rings. The largest absolute Gasteiger partial charge is 0.480 e. The average Bonchev–Trinajstić information content (AvgIpc) is 2.21. The van der Waals surface area contributed by atoms with Crippen molar-refractivity contribution in [2.45, 2.75) is 19.1 Å². The summed E-state index contributed by atoms with van der Waals surface area (Å²) in [5, 5.41) is 10.2. The molecule has 0 fully saturated rings. The van der Waals surface area contributed by atoms with Crippen LogP contribution in [0, 0.1) is 5.92 Å². The van der Waals surface area contributed by atoms with Gasteiger partial charge in [-0.25, -0.2) is 0 Å². The van der Waals surface area contributed by atoms with Crippen LogP contribution in [-0.2, 0) is 14.4 Å². The maximum absolute atomic E-state index is 11.3. The molecule has 2 unspecified atom stereocenters. The Balaban J connectivity index is 3.87. The van der Waals surface area contributed by atoms with Crippen molar-refractivity contribution in [3.63, 3.8) is 0 Å². The fourth-order valence-electron chi connectivity index (χ4n) is 0.753. The zero-order valence-electron chi connectivity index (χ0n) is 9.23. The minimum absolute atomic E-state index is 0.306. The third-order valence-corrected chi connectivity index (χ3v) is 3.27. The minimum atomic E-state index is -1.09. The molecule has 2 atom stereocenters. The quantitative estimate of drug-likeness (QED) is 0.559. The molecule has 0 radical (unpaired) electrons. The van der Waals surface area contributed by atoms with Crippen LogP contribution in [-0.4, -0.2) is 40.4 Å². The average molecular weight is 248 g/mol. The third kappa shape index (κ3) is 6.28. The lowest BCUT2D eigenvalue weighted by Crippen LogP contribution is -2.35. The molecule has 0 saturated heterocycles. The monoisotopic (exact) mass is 248 g/mol. The Kier molecular flexibility index (Phi) is 6.55. The van der Waals surface area contributed by atoms with Crippen LogP contribution in [0.2, 0.25) is 0 Å². The van der Waals surface area contributed by atoms with E-state index in [2.05, 4.69) is 5.32 Å². The molecule has 92 valence electrons. The molecule has 0 spiro atoms. The van der Waals surface area contributed by atoms with Crippen molar-refractivity contribution in [1.82, 2.24) is 5.32 Å². The van der Waals surface area contributed by atoms with Gasteiger partial charge in [-0.15, -0.1) is 11.8 Å². The second-order valence-corrected chi connectivity index (χ2v) is 4.76. The van der Waals surface area contributed by atoms with Crippen LogP contribution in [0.1, 0.15) is 13.8 Å². The number of nitrogens with two attached hydrogens (primary N) is 1. The summed E-state index contributed by atoms with van der Waals surface area (Å²) in [4.78, 5) is 32.2. The van der Waals surface area contributed by atoms with Crippen LogP contribution in [0.15, 0.2) is 0 Å². The number of aliphatic carboxylic acids is 1. The number of hydrogen-bond acceptors (Lipinski definition) is 4. The number of amides is 2. The van der Waals surface area contributed by atoms with Crippen molar-refractivity contribution < 1.29 is 19.5 Å². The molecular weight excluding hydrogens is 232 g/mol. The highest BCUT2D eigenvalue weighted by Gasteiger charge is 2.17. The summed E-state index contributed by atoms with van der Waals surface area (Å²) in [7, 11) is 0. The van der Waals surface area contributed by atoms with Crippen molar-refractivity contribution in [1.29, 1.82) is 0 Å². The van der Waals surface area contributed by atoms with Gasteiger partial charge in [-0.05, 0) is 6.92 Å². The van der Waals surface area contributed by atoms with Gasteiger partial charge in [0.2, 0.25) is 11.8 Å². The minimum Gasteiger partial charge on any atom is -0.480 e. The van der Waals surface area contributed by atoms with Crippen LogP contribution >= 0.6 is 11.8 Å². The highest BCUT2D eigenvalue weighted by atomic mass is 32.2. The summed E-state index contributed by atoms with van der Waals surface area (Å²) in [6, 6.07) is 0. The zero-order chi connectivity index (χ0) is 12.7. The predicted molar refractivity (Wildman–Crippen MR) is 60.9 cm³/mol. The van der Waals surface area contributed by atoms with Gasteiger partial charge >= 0.3 is 5.97 Å². The molecule has 0 aliphatic carbocycles. The third-order valence-electron chi connectivity index (χ3n) is 1.86. The SMILES string of the molecule is CC(CSC(C)C(=O)NCC(=O)O)C(N)=O. The van der Waals surface area contributed by atoms with E-state index in [9.17, 15) is 14.4 Å². The second-order valence-electron chi connectivity index (χ2n) is 3.39. The molecule has 2 amide bonds. The molecule has 0 heterocycles. The Hall–Kier alpha value is -1.24. The summed E-state index contributed by atoms with van der Waals surface area (Å²) in [6.07, 6.45) is 0. The first-order valence-electron chi connectivity index (χ1n) is 4.75. The number of nitrogens with one attached hydrogen (secondary N) is 1. The zero-order valence-corrected chi connectivity index (χ0v) is 10.0. The normalized spacial score (nSPS) is 13.9. The molecule has 7 heteroatoms. The van der Waals surface area contributed by atoms with Gasteiger partial charge in [-0.2, -0.15) is 0 Å². The Labute approximate surface area is 98.0 Å². The van der Waals surface area contributed by atoms with E-state index in [1.54, 1.807) is 13.8 Å². The van der Waals surface area contributed by atoms with Gasteiger partial charge in [-0.1, -0.05) is 6.92 Å². The van der Waals surface area contributed by atoms with E-state index >= 15 is 0 Å². The van der Waals surface area contributed by atoms with Crippen molar-refractivity contribution >= 4 is 29.5 Å². The first-order valence-corrected chi connectivity index (χ1v) is 5.80. The van der Waals surface area contributed by atoms with Crippen molar-refractivity contribution in [2.75, 3.05) is 12.3 Å². The van der Waals surface area contributed by atoms with E-state index in [4.69, 9.17) is 10.8 Å². The molecule has 16 heavy (non-hydrogen) atoms. The smallest absolute Gasteiger partial charge is 0.322 e. The number of carbonyl (C=O) groups is 3. The Morgan fingerprint density at radius 2 is 1.94 bits per heavy atom. The van der Waals surface area contributed by atoms with Gasteiger partial charge in [-0.3, -0.25) is 14.4 Å². The summed E-state index contributed by atoms with van der Waals surface area (Å²) in [5.41, 5.74) is 5.07. The van der Waals surface area contributed by atoms with Gasteiger partial charge in [0.25, 0.3) is 0 Å². The Bertz CT molecular complexity index is 283. The fraction of sp³-hybridized carbons (Fsp3) is 0.667. The van der Waals surface area contributed by atoms with Crippen LogP contribution < -0.4 is 11.1 Å². The highest BCUT2D eigenvalue weighted by molar-refractivity contribution is 8.00. The number of carbonyl (C=O) groups excluding carboxylic acids is 2. The molecule has 0 rings (SSSR count). The Morgan fingerprint density at radius 1 is 1.38 bits per heavy atom. The van der Waals surface area contributed by atoms with E-state index < -0.39 is 23.7 Å². The number of carboxylic acids is 1. The van der Waals surface area contributed by atoms with Gasteiger partial charge in [0, 0.05) is 11.7 Å². The van der Waals surface area contributed by atoms with Crippen molar-refractivity contribution in [2.24, 2.45) is 11.7 Å². The molecule has 0 saturated carbocycles. The van der Waals surface area contributed by atoms with E-state index in [1.165, 1.54) is 11.8 Å². The van der Waals surface area contributed by atoms with Crippen LogP contribution in [0.4, 0.5) is 0 Å². The van der Waals surface area contributed by atoms with Crippen molar-refractivity contribution in [3.05, 3.63) is 0 Å². The fourth-order valence-corrected chi connectivity index (χ4v) is 1.73. The number of carboxylic acid groups (broad SMARTS) is 1. The number of rotatable bonds is 7. The van der Waals surface area contributed by atoms with Crippen LogP contribution in [0.25, 0.3) is 0 Å². The van der Waals surface area contributed by atoms with E-state index in [-0.39, 0.29) is 11.8 Å². The van der Waals surface area contributed by atoms with E-state index in [0.717, 1.165) is 0 Å². The number of hydrogen-bond donors (Lipinski definition) is 3. The summed E-state index contributed by atoms with van der Waals surface area (Å²) < 4.78 is 0. The number of primary amides is 1. The lowest BCUT2D eigenvalue weighted by atomic mass is 10.2. The van der Waals surface area contributed by atoms with Gasteiger partial charge in [0.15, 0.2) is 0 Å². The van der Waals surface area contributed by atoms with E-state index in [1.807, 2.05) is 0 Å². The first-order chi connectivity index (χ1) is 7.34. The summed E-state index contributed by atoms with van der Waals surface area (Å²) in [6.45, 7) is 2.93. The number of thioether (sulfide) groups is 1. The van der Waals surface area contributed by atoms with E-state index in [0.29, 0.717) is 5.75 Å². The molecule has 4 N–H and O–H groups in total. The van der Waals surface area contributed by atoms with Gasteiger partial charge < -0.3 is 16.2 Å². The van der Waals surface area contributed by atoms with Crippen LogP contribution in [0.3, 0.4) is 0 Å². The maximum atomic E-state index is 11.3. The molecular formula is C9H16N2O4S. The topological polar surface area (TPSA) is 109 Å². The highest BCUT2D eigenvalue weighted by Crippen LogP contribution is 2.14. The molecule has 0 aliphatic heterocycles. The van der Waals surface area contributed by atoms with Gasteiger partial charge in [0.1, 0.15) is 6.54 Å². The molecule has 0 aliphatic rings. The Morgan fingerprint density at radius 3 is 2.38 bits per heavy atom. The molecule has 0 aromatic heterocycles. The van der Waals surface area contributed by atoms with Crippen LogP contribution in [0.5, 0.6) is 0 Å².